The van der Waals surface area contributed by atoms with Crippen molar-refractivity contribution in [3.63, 3.8) is 0 Å². The van der Waals surface area contributed by atoms with E-state index in [9.17, 15) is 19.2 Å². The molecule has 30 heavy (non-hydrogen) atoms. The first-order valence-corrected chi connectivity index (χ1v) is 10.3. The second-order valence-electron chi connectivity index (χ2n) is 8.12. The number of nitrogens with zero attached hydrogens (tertiary/aromatic N) is 1. The number of piperidine rings is 1. The predicted molar refractivity (Wildman–Crippen MR) is 107 cm³/mol. The fraction of sp³-hybridized carbons (Fsp3) is 0.524. The number of carbonyl (C=O) groups is 4. The van der Waals surface area contributed by atoms with E-state index in [1.54, 1.807) is 19.2 Å². The quantitative estimate of drug-likeness (QED) is 0.529. The van der Waals surface area contributed by atoms with Gasteiger partial charge in [0.15, 0.2) is 0 Å². The smallest absolute Gasteiger partial charge is 0.262 e. The Labute approximate surface area is 174 Å². The molecular weight excluding hydrogens is 388 g/mol. The van der Waals surface area contributed by atoms with Crippen LogP contribution in [0.5, 0.6) is 0 Å². The molecule has 0 bridgehead atoms. The highest BCUT2D eigenvalue weighted by molar-refractivity contribution is 6.23. The third-order valence-electron chi connectivity index (χ3n) is 5.94. The largest absolute Gasteiger partial charge is 0.384 e. The van der Waals surface area contributed by atoms with Crippen LogP contribution in [-0.2, 0) is 20.9 Å². The molecular formula is C21H26N4O5. The second kappa shape index (κ2) is 8.63. The average Bonchev–Trinajstić information content (AvgIpc) is 3.26. The van der Waals surface area contributed by atoms with E-state index < -0.39 is 23.8 Å². The zero-order valence-corrected chi connectivity index (χ0v) is 16.9. The highest BCUT2D eigenvalue weighted by atomic mass is 16.5. The van der Waals surface area contributed by atoms with Gasteiger partial charge in [0.25, 0.3) is 11.8 Å². The van der Waals surface area contributed by atoms with Crippen LogP contribution >= 0.6 is 0 Å². The summed E-state index contributed by atoms with van der Waals surface area (Å²) in [6.45, 7) is 3.08. The fourth-order valence-electron chi connectivity index (χ4n) is 4.44. The molecule has 1 unspecified atom stereocenters. The summed E-state index contributed by atoms with van der Waals surface area (Å²) in [6.07, 6.45) is 1.32. The summed E-state index contributed by atoms with van der Waals surface area (Å²) < 4.78 is 5.21. The van der Waals surface area contributed by atoms with E-state index in [0.717, 1.165) is 36.6 Å². The van der Waals surface area contributed by atoms with Gasteiger partial charge in [-0.15, -0.1) is 0 Å². The molecule has 4 rings (SSSR count). The maximum atomic E-state index is 12.9. The minimum absolute atomic E-state index is 0.111. The Morgan fingerprint density at radius 1 is 1.17 bits per heavy atom. The van der Waals surface area contributed by atoms with Gasteiger partial charge in [0.05, 0.1) is 17.7 Å². The Morgan fingerprint density at radius 2 is 1.97 bits per heavy atom. The van der Waals surface area contributed by atoms with Crippen molar-refractivity contribution in [2.75, 3.05) is 26.8 Å². The number of imide groups is 2. The number of rotatable bonds is 7. The summed E-state index contributed by atoms with van der Waals surface area (Å²) in [6, 6.07) is 4.61. The highest BCUT2D eigenvalue weighted by Gasteiger charge is 2.44. The number of amides is 4. The van der Waals surface area contributed by atoms with Crippen molar-refractivity contribution in [1.29, 1.82) is 0 Å². The van der Waals surface area contributed by atoms with Gasteiger partial charge in [-0.25, -0.2) is 0 Å². The number of hydrogen-bond acceptors (Lipinski definition) is 7. The minimum Gasteiger partial charge on any atom is -0.384 e. The molecule has 3 aliphatic heterocycles. The Hall–Kier alpha value is -2.62. The summed E-state index contributed by atoms with van der Waals surface area (Å²) >= 11 is 0. The van der Waals surface area contributed by atoms with Crippen LogP contribution in [0, 0.1) is 5.92 Å². The van der Waals surface area contributed by atoms with Crippen molar-refractivity contribution < 1.29 is 23.9 Å². The lowest BCUT2D eigenvalue weighted by Crippen LogP contribution is -2.54. The third kappa shape index (κ3) is 4.00. The number of methoxy groups -OCH3 is 1. The van der Waals surface area contributed by atoms with E-state index in [1.165, 1.54) is 0 Å². The van der Waals surface area contributed by atoms with Gasteiger partial charge in [-0.05, 0) is 36.5 Å². The standard InChI is InChI=1S/C21H26N4O5/c1-30-11-13-6-14(23-9-13)10-22-8-12-2-3-15-16(7-12)21(29)25(20(15)28)17-4-5-18(26)24-19(17)27/h2-3,7,13-14,17,22-23H,4-6,8-11H2,1H3,(H,24,26,27)/t13-,14-,17?/m0/s1. The van der Waals surface area contributed by atoms with E-state index in [1.807, 2.05) is 6.07 Å². The molecule has 4 amide bonds. The van der Waals surface area contributed by atoms with Crippen LogP contribution in [0.25, 0.3) is 0 Å². The van der Waals surface area contributed by atoms with Crippen molar-refractivity contribution in [1.82, 2.24) is 20.9 Å². The molecule has 1 aromatic rings. The summed E-state index contributed by atoms with van der Waals surface area (Å²) in [5.41, 5.74) is 1.50. The number of fused-ring (bicyclic) bond motifs is 1. The van der Waals surface area contributed by atoms with E-state index in [4.69, 9.17) is 4.74 Å². The van der Waals surface area contributed by atoms with Crippen LogP contribution < -0.4 is 16.0 Å². The van der Waals surface area contributed by atoms with Crippen LogP contribution in [0.15, 0.2) is 18.2 Å². The Morgan fingerprint density at radius 3 is 2.73 bits per heavy atom. The van der Waals surface area contributed by atoms with Crippen LogP contribution in [0.1, 0.15) is 45.5 Å². The first kappa shape index (κ1) is 20.6. The molecule has 0 spiro atoms. The van der Waals surface area contributed by atoms with E-state index in [2.05, 4.69) is 16.0 Å². The Kier molecular flexibility index (Phi) is 5.94. The third-order valence-corrected chi connectivity index (χ3v) is 5.94. The van der Waals surface area contributed by atoms with Crippen LogP contribution in [-0.4, -0.2) is 67.4 Å². The first-order valence-electron chi connectivity index (χ1n) is 10.3. The Balaban J connectivity index is 1.37. The molecule has 9 heteroatoms. The average molecular weight is 414 g/mol. The van der Waals surface area contributed by atoms with Crippen molar-refractivity contribution in [3.8, 4) is 0 Å². The maximum absolute atomic E-state index is 12.9. The van der Waals surface area contributed by atoms with Gasteiger partial charge < -0.3 is 15.4 Å². The molecule has 3 heterocycles. The Bertz CT molecular complexity index is 886. The first-order chi connectivity index (χ1) is 14.5. The number of ether oxygens (including phenoxy) is 1. The molecule has 0 aliphatic carbocycles. The molecule has 2 saturated heterocycles. The molecule has 160 valence electrons. The topological polar surface area (TPSA) is 117 Å². The maximum Gasteiger partial charge on any atom is 0.262 e. The SMILES string of the molecule is COC[C@@H]1CN[C@H](CNCc2ccc3c(c2)C(=O)N(C2CCC(=O)NC2=O)C3=O)C1. The molecule has 3 atom stereocenters. The van der Waals surface area contributed by atoms with Crippen LogP contribution in [0.4, 0.5) is 0 Å². The monoisotopic (exact) mass is 414 g/mol. The van der Waals surface area contributed by atoms with Crippen molar-refractivity contribution in [3.05, 3.63) is 34.9 Å². The normalized spacial score (nSPS) is 26.3. The highest BCUT2D eigenvalue weighted by Crippen LogP contribution is 2.28. The molecule has 9 nitrogen and oxygen atoms in total. The summed E-state index contributed by atoms with van der Waals surface area (Å²) in [5, 5.41) is 9.07. The van der Waals surface area contributed by atoms with Crippen LogP contribution in [0.2, 0.25) is 0 Å². The molecule has 3 N–H and O–H groups in total. The molecule has 1 aromatic carbocycles. The van der Waals surface area contributed by atoms with E-state index >= 15 is 0 Å². The van der Waals surface area contributed by atoms with E-state index in [-0.39, 0.29) is 18.7 Å². The number of hydrogen-bond donors (Lipinski definition) is 3. The fourth-order valence-corrected chi connectivity index (χ4v) is 4.44. The summed E-state index contributed by atoms with van der Waals surface area (Å²) in [7, 11) is 1.72. The number of benzene rings is 1. The van der Waals surface area contributed by atoms with Gasteiger partial charge in [0, 0.05) is 39.2 Å². The van der Waals surface area contributed by atoms with Crippen molar-refractivity contribution in [2.45, 2.75) is 37.9 Å². The molecule has 3 aliphatic rings. The molecule has 0 aromatic heterocycles. The van der Waals surface area contributed by atoms with Gasteiger partial charge >= 0.3 is 0 Å². The predicted octanol–water partition coefficient (Wildman–Crippen LogP) is -0.198. The van der Waals surface area contributed by atoms with Gasteiger partial charge in [-0.3, -0.25) is 29.4 Å². The van der Waals surface area contributed by atoms with Gasteiger partial charge in [0.2, 0.25) is 11.8 Å². The summed E-state index contributed by atoms with van der Waals surface area (Å²) in [5.74, 6) is -1.41. The molecule has 2 fully saturated rings. The molecule has 0 saturated carbocycles. The zero-order chi connectivity index (χ0) is 21.3. The molecule has 0 radical (unpaired) electrons. The lowest BCUT2D eigenvalue weighted by Gasteiger charge is -2.27. The zero-order valence-electron chi connectivity index (χ0n) is 16.9. The lowest BCUT2D eigenvalue weighted by atomic mass is 10.0. The van der Waals surface area contributed by atoms with Crippen molar-refractivity contribution in [2.24, 2.45) is 5.92 Å². The number of nitrogens with one attached hydrogen (secondary N) is 3. The van der Waals surface area contributed by atoms with Gasteiger partial charge in [-0.2, -0.15) is 0 Å². The van der Waals surface area contributed by atoms with Crippen LogP contribution in [0.3, 0.4) is 0 Å². The lowest BCUT2D eigenvalue weighted by molar-refractivity contribution is -0.136. The van der Waals surface area contributed by atoms with Gasteiger partial charge in [0.1, 0.15) is 6.04 Å². The second-order valence-corrected chi connectivity index (χ2v) is 8.12. The van der Waals surface area contributed by atoms with Crippen molar-refractivity contribution >= 4 is 23.6 Å². The minimum atomic E-state index is -0.940. The van der Waals surface area contributed by atoms with E-state index in [0.29, 0.717) is 29.6 Å². The summed E-state index contributed by atoms with van der Waals surface area (Å²) in [4.78, 5) is 50.1. The number of carbonyl (C=O) groups excluding carboxylic acids is 4. The van der Waals surface area contributed by atoms with Gasteiger partial charge in [-0.1, -0.05) is 6.07 Å².